The molecule has 0 saturated carbocycles. The van der Waals surface area contributed by atoms with E-state index in [1.54, 1.807) is 7.11 Å². The number of hydrogen-bond donors (Lipinski definition) is 1. The molecule has 32 heavy (non-hydrogen) atoms. The van der Waals surface area contributed by atoms with Gasteiger partial charge in [0.1, 0.15) is 17.4 Å². The van der Waals surface area contributed by atoms with Crippen LogP contribution in [0.4, 0.5) is 0 Å². The zero-order chi connectivity index (χ0) is 22.6. The minimum absolute atomic E-state index is 0.140. The Morgan fingerprint density at radius 1 is 1.22 bits per heavy atom. The number of hydrogen-bond acceptors (Lipinski definition) is 5. The molecule has 1 saturated heterocycles. The lowest BCUT2D eigenvalue weighted by Gasteiger charge is -2.32. The third-order valence-electron chi connectivity index (χ3n) is 6.10. The first-order chi connectivity index (χ1) is 15.7. The molecular formula is C26H39N3O3. The second kappa shape index (κ2) is 13.4. The normalized spacial score (nSPS) is 15.2. The molecule has 176 valence electrons. The van der Waals surface area contributed by atoms with E-state index in [9.17, 15) is 4.79 Å². The number of benzene rings is 1. The molecule has 1 N–H and O–H groups in total. The molecule has 2 aromatic rings. The number of fused-ring (bicyclic) bond motifs is 1. The van der Waals surface area contributed by atoms with Crippen LogP contribution in [0.15, 0.2) is 30.5 Å². The molecule has 0 spiro atoms. The van der Waals surface area contributed by atoms with Gasteiger partial charge in [-0.3, -0.25) is 9.78 Å². The van der Waals surface area contributed by atoms with Crippen LogP contribution in [0, 0.1) is 0 Å². The Morgan fingerprint density at radius 2 is 2.06 bits per heavy atom. The van der Waals surface area contributed by atoms with Gasteiger partial charge in [-0.05, 0) is 68.8 Å². The number of piperidine rings is 1. The van der Waals surface area contributed by atoms with Gasteiger partial charge in [-0.1, -0.05) is 19.4 Å². The van der Waals surface area contributed by atoms with Crippen molar-refractivity contribution >= 4 is 16.8 Å². The van der Waals surface area contributed by atoms with Crippen molar-refractivity contribution in [2.75, 3.05) is 39.9 Å². The quantitative estimate of drug-likeness (QED) is 0.468. The van der Waals surface area contributed by atoms with Crippen molar-refractivity contribution in [3.05, 3.63) is 36.0 Å². The van der Waals surface area contributed by atoms with Crippen LogP contribution in [0.5, 0.6) is 5.75 Å². The molecule has 1 aliphatic rings. The van der Waals surface area contributed by atoms with Gasteiger partial charge in [0.25, 0.3) is 0 Å². The van der Waals surface area contributed by atoms with Crippen LogP contribution < -0.4 is 10.1 Å². The molecule has 1 fully saturated rings. The van der Waals surface area contributed by atoms with Gasteiger partial charge >= 0.3 is 0 Å². The Kier molecular flexibility index (Phi) is 10.2. The molecule has 0 atom stereocenters. The van der Waals surface area contributed by atoms with Gasteiger partial charge in [0.15, 0.2) is 0 Å². The first-order valence-electron chi connectivity index (χ1n) is 12.2. The van der Waals surface area contributed by atoms with Crippen molar-refractivity contribution in [1.29, 1.82) is 0 Å². The maximum absolute atomic E-state index is 11.9. The minimum Gasteiger partial charge on any atom is -0.488 e. The summed E-state index contributed by atoms with van der Waals surface area (Å²) in [4.78, 5) is 18.9. The number of carbonyl (C=O) groups is 1. The second-order valence-electron chi connectivity index (χ2n) is 8.73. The van der Waals surface area contributed by atoms with Crippen molar-refractivity contribution in [2.24, 2.45) is 0 Å². The van der Waals surface area contributed by atoms with Crippen molar-refractivity contribution < 1.29 is 14.3 Å². The number of carbonyl (C=O) groups excluding carboxylic acids is 1. The standard InChI is InChI=1S/C26H39N3O3/c1-3-4-8-21-19-22-9-5-13-28-26(22)24(20-21)32-23-11-16-29(17-12-23)15-6-10-25(30)27-14-7-18-31-2/h5,9,13,19-20,23H,3-4,6-8,10-12,14-18H2,1-2H3,(H,27,30). The van der Waals surface area contributed by atoms with Gasteiger partial charge in [0.2, 0.25) is 5.91 Å². The number of aromatic nitrogens is 1. The fourth-order valence-corrected chi connectivity index (χ4v) is 4.26. The summed E-state index contributed by atoms with van der Waals surface area (Å²) < 4.78 is 11.5. The van der Waals surface area contributed by atoms with Crippen LogP contribution in [-0.4, -0.2) is 61.8 Å². The number of ether oxygens (including phenoxy) is 2. The number of unbranched alkanes of at least 4 members (excludes halogenated alkanes) is 1. The Balaban J connectivity index is 1.44. The van der Waals surface area contributed by atoms with E-state index in [1.807, 2.05) is 12.3 Å². The van der Waals surface area contributed by atoms with E-state index < -0.39 is 0 Å². The summed E-state index contributed by atoms with van der Waals surface area (Å²) in [6.45, 7) is 6.60. The van der Waals surface area contributed by atoms with Gasteiger partial charge in [-0.25, -0.2) is 0 Å². The zero-order valence-corrected chi connectivity index (χ0v) is 19.8. The predicted octanol–water partition coefficient (Wildman–Crippen LogP) is 4.35. The molecule has 1 aromatic heterocycles. The number of rotatable bonds is 13. The van der Waals surface area contributed by atoms with Crippen LogP contribution in [0.2, 0.25) is 0 Å². The van der Waals surface area contributed by atoms with Crippen LogP contribution >= 0.6 is 0 Å². The number of pyridine rings is 1. The van der Waals surface area contributed by atoms with E-state index in [0.717, 1.165) is 68.4 Å². The smallest absolute Gasteiger partial charge is 0.220 e. The van der Waals surface area contributed by atoms with Gasteiger partial charge in [-0.15, -0.1) is 0 Å². The highest BCUT2D eigenvalue weighted by Crippen LogP contribution is 2.29. The van der Waals surface area contributed by atoms with Crippen molar-refractivity contribution in [3.63, 3.8) is 0 Å². The third-order valence-corrected chi connectivity index (χ3v) is 6.10. The molecule has 2 heterocycles. The van der Waals surface area contributed by atoms with Gasteiger partial charge < -0.3 is 19.7 Å². The van der Waals surface area contributed by atoms with Crippen molar-refractivity contribution in [3.8, 4) is 5.75 Å². The predicted molar refractivity (Wildman–Crippen MR) is 129 cm³/mol. The number of nitrogens with zero attached hydrogens (tertiary/aromatic N) is 2. The summed E-state index contributed by atoms with van der Waals surface area (Å²) in [6.07, 6.45) is 9.90. The molecule has 1 amide bonds. The highest BCUT2D eigenvalue weighted by atomic mass is 16.5. The van der Waals surface area contributed by atoms with Crippen molar-refractivity contribution in [2.45, 2.75) is 64.4 Å². The Morgan fingerprint density at radius 3 is 2.84 bits per heavy atom. The van der Waals surface area contributed by atoms with E-state index >= 15 is 0 Å². The van der Waals surface area contributed by atoms with E-state index in [0.29, 0.717) is 19.6 Å². The number of aryl methyl sites for hydroxylation is 1. The molecule has 0 radical (unpaired) electrons. The van der Waals surface area contributed by atoms with Crippen LogP contribution in [-0.2, 0) is 16.0 Å². The summed E-state index contributed by atoms with van der Waals surface area (Å²) in [7, 11) is 1.68. The first-order valence-corrected chi connectivity index (χ1v) is 12.2. The largest absolute Gasteiger partial charge is 0.488 e. The molecule has 0 aliphatic carbocycles. The van der Waals surface area contributed by atoms with E-state index in [4.69, 9.17) is 9.47 Å². The summed E-state index contributed by atoms with van der Waals surface area (Å²) in [5.74, 6) is 1.07. The first kappa shape index (κ1) is 24.5. The summed E-state index contributed by atoms with van der Waals surface area (Å²) in [6, 6.07) is 8.57. The highest BCUT2D eigenvalue weighted by molar-refractivity contribution is 5.85. The number of amides is 1. The summed E-state index contributed by atoms with van der Waals surface area (Å²) in [5.41, 5.74) is 2.30. The number of likely N-dealkylation sites (tertiary alicyclic amines) is 1. The summed E-state index contributed by atoms with van der Waals surface area (Å²) >= 11 is 0. The van der Waals surface area contributed by atoms with Gasteiger partial charge in [0.05, 0.1) is 0 Å². The third kappa shape index (κ3) is 7.75. The summed E-state index contributed by atoms with van der Waals surface area (Å²) in [5, 5.41) is 4.12. The lowest BCUT2D eigenvalue weighted by Crippen LogP contribution is -2.39. The number of nitrogens with one attached hydrogen (secondary N) is 1. The molecule has 1 aliphatic heterocycles. The molecule has 6 heteroatoms. The monoisotopic (exact) mass is 441 g/mol. The minimum atomic E-state index is 0.140. The molecule has 6 nitrogen and oxygen atoms in total. The van der Waals surface area contributed by atoms with Gasteiger partial charge in [-0.2, -0.15) is 0 Å². The molecule has 0 bridgehead atoms. The van der Waals surface area contributed by atoms with Crippen LogP contribution in [0.3, 0.4) is 0 Å². The topological polar surface area (TPSA) is 63.7 Å². The fraction of sp³-hybridized carbons (Fsp3) is 0.615. The zero-order valence-electron chi connectivity index (χ0n) is 19.8. The maximum Gasteiger partial charge on any atom is 0.220 e. The Hall–Kier alpha value is -2.18. The molecule has 3 rings (SSSR count). The Labute approximate surface area is 192 Å². The second-order valence-corrected chi connectivity index (χ2v) is 8.73. The average molecular weight is 442 g/mol. The number of methoxy groups -OCH3 is 1. The molecule has 1 aromatic carbocycles. The van der Waals surface area contributed by atoms with E-state index in [-0.39, 0.29) is 12.0 Å². The highest BCUT2D eigenvalue weighted by Gasteiger charge is 2.21. The van der Waals surface area contributed by atoms with E-state index in [1.165, 1.54) is 18.4 Å². The Bertz CT molecular complexity index is 834. The SMILES string of the molecule is CCCCc1cc(OC2CCN(CCCC(=O)NCCCOC)CC2)c2ncccc2c1. The molecular weight excluding hydrogens is 402 g/mol. The van der Waals surface area contributed by atoms with Crippen LogP contribution in [0.1, 0.15) is 57.4 Å². The maximum atomic E-state index is 11.9. The van der Waals surface area contributed by atoms with Crippen molar-refractivity contribution in [1.82, 2.24) is 15.2 Å². The van der Waals surface area contributed by atoms with Gasteiger partial charge in [0, 0.05) is 51.4 Å². The lowest BCUT2D eigenvalue weighted by atomic mass is 10.0. The van der Waals surface area contributed by atoms with E-state index in [2.05, 4.69) is 40.3 Å². The lowest BCUT2D eigenvalue weighted by molar-refractivity contribution is -0.121. The molecule has 0 unspecified atom stereocenters. The average Bonchev–Trinajstić information content (AvgIpc) is 2.81. The fourth-order valence-electron chi connectivity index (χ4n) is 4.26. The van der Waals surface area contributed by atoms with Crippen LogP contribution in [0.25, 0.3) is 10.9 Å².